The standard InChI is InChI=1S/C16H26N2S/c1-3-14(17)11-13-7-5-9-18-16(13)19-15-8-4-6-12(2)10-15/h5,7,9,12,14-15H,3-4,6,8,10-11,17H2,1-2H3. The fourth-order valence-electron chi connectivity index (χ4n) is 2.76. The number of hydrogen-bond acceptors (Lipinski definition) is 3. The van der Waals surface area contributed by atoms with Gasteiger partial charge in [-0.05, 0) is 43.2 Å². The first-order chi connectivity index (χ1) is 9.19. The molecule has 0 saturated heterocycles. The molecule has 3 heteroatoms. The van der Waals surface area contributed by atoms with Gasteiger partial charge in [-0.25, -0.2) is 4.98 Å². The number of thioether (sulfide) groups is 1. The van der Waals surface area contributed by atoms with E-state index in [1.807, 2.05) is 24.0 Å². The van der Waals surface area contributed by atoms with Gasteiger partial charge in [-0.1, -0.05) is 32.8 Å². The SMILES string of the molecule is CCC(N)Cc1cccnc1SC1CCCC(C)C1. The average Bonchev–Trinajstić information content (AvgIpc) is 2.41. The number of pyridine rings is 1. The van der Waals surface area contributed by atoms with Gasteiger partial charge in [0.2, 0.25) is 0 Å². The van der Waals surface area contributed by atoms with Crippen LogP contribution in [0.2, 0.25) is 0 Å². The van der Waals surface area contributed by atoms with Crippen molar-refractivity contribution in [1.29, 1.82) is 0 Å². The zero-order valence-corrected chi connectivity index (χ0v) is 13.0. The number of rotatable bonds is 5. The van der Waals surface area contributed by atoms with Gasteiger partial charge in [0.1, 0.15) is 0 Å². The van der Waals surface area contributed by atoms with E-state index in [1.165, 1.54) is 36.3 Å². The molecule has 0 amide bonds. The van der Waals surface area contributed by atoms with E-state index < -0.39 is 0 Å². The molecule has 19 heavy (non-hydrogen) atoms. The summed E-state index contributed by atoms with van der Waals surface area (Å²) in [4.78, 5) is 4.59. The molecule has 1 saturated carbocycles. The fourth-order valence-corrected chi connectivity index (χ4v) is 4.21. The summed E-state index contributed by atoms with van der Waals surface area (Å²) in [6.45, 7) is 4.52. The van der Waals surface area contributed by atoms with Gasteiger partial charge in [0.05, 0.1) is 5.03 Å². The second kappa shape index (κ2) is 7.30. The van der Waals surface area contributed by atoms with E-state index >= 15 is 0 Å². The Bertz CT molecular complexity index is 394. The van der Waals surface area contributed by atoms with Crippen molar-refractivity contribution in [2.75, 3.05) is 0 Å². The molecule has 1 aliphatic rings. The van der Waals surface area contributed by atoms with Crippen molar-refractivity contribution in [3.63, 3.8) is 0 Å². The molecule has 1 aromatic rings. The molecular formula is C16H26N2S. The second-order valence-corrected chi connectivity index (χ2v) is 7.14. The topological polar surface area (TPSA) is 38.9 Å². The van der Waals surface area contributed by atoms with Gasteiger partial charge in [0, 0.05) is 17.5 Å². The molecule has 2 rings (SSSR count). The van der Waals surface area contributed by atoms with E-state index in [-0.39, 0.29) is 6.04 Å². The van der Waals surface area contributed by atoms with Crippen LogP contribution >= 0.6 is 11.8 Å². The van der Waals surface area contributed by atoms with Gasteiger partial charge < -0.3 is 5.73 Å². The van der Waals surface area contributed by atoms with Gasteiger partial charge >= 0.3 is 0 Å². The minimum atomic E-state index is 0.258. The molecule has 1 fully saturated rings. The highest BCUT2D eigenvalue weighted by atomic mass is 32.2. The third-order valence-electron chi connectivity index (χ3n) is 4.02. The molecule has 2 nitrogen and oxygen atoms in total. The molecule has 0 spiro atoms. The molecular weight excluding hydrogens is 252 g/mol. The Kier molecular flexibility index (Phi) is 5.71. The molecule has 0 aliphatic heterocycles. The molecule has 1 heterocycles. The third kappa shape index (κ3) is 4.50. The third-order valence-corrected chi connectivity index (χ3v) is 5.38. The summed E-state index contributed by atoms with van der Waals surface area (Å²) >= 11 is 1.98. The van der Waals surface area contributed by atoms with Crippen molar-refractivity contribution in [2.45, 2.75) is 68.7 Å². The second-order valence-electron chi connectivity index (χ2n) is 5.85. The van der Waals surface area contributed by atoms with Crippen LogP contribution in [0.5, 0.6) is 0 Å². The largest absolute Gasteiger partial charge is 0.327 e. The fraction of sp³-hybridized carbons (Fsp3) is 0.688. The van der Waals surface area contributed by atoms with E-state index in [1.54, 1.807) is 0 Å². The minimum Gasteiger partial charge on any atom is -0.327 e. The molecule has 0 radical (unpaired) electrons. The van der Waals surface area contributed by atoms with Crippen LogP contribution in [0.3, 0.4) is 0 Å². The monoisotopic (exact) mass is 278 g/mol. The summed E-state index contributed by atoms with van der Waals surface area (Å²) in [5, 5.41) is 1.96. The lowest BCUT2D eigenvalue weighted by atomic mass is 9.91. The number of aromatic nitrogens is 1. The first-order valence-corrected chi connectivity index (χ1v) is 8.43. The lowest BCUT2D eigenvalue weighted by molar-refractivity contribution is 0.394. The molecule has 106 valence electrons. The summed E-state index contributed by atoms with van der Waals surface area (Å²) < 4.78 is 0. The van der Waals surface area contributed by atoms with E-state index in [2.05, 4.69) is 24.9 Å². The Labute approximate surface area is 121 Å². The van der Waals surface area contributed by atoms with Crippen LogP contribution in [0.4, 0.5) is 0 Å². The van der Waals surface area contributed by atoms with Crippen molar-refractivity contribution in [3.8, 4) is 0 Å². The highest BCUT2D eigenvalue weighted by molar-refractivity contribution is 7.99. The van der Waals surface area contributed by atoms with Crippen molar-refractivity contribution >= 4 is 11.8 Å². The first-order valence-electron chi connectivity index (χ1n) is 7.55. The molecule has 3 atom stereocenters. The first kappa shape index (κ1) is 14.9. The van der Waals surface area contributed by atoms with Crippen LogP contribution in [-0.2, 0) is 6.42 Å². The Balaban J connectivity index is 2.02. The van der Waals surface area contributed by atoms with E-state index in [9.17, 15) is 0 Å². The van der Waals surface area contributed by atoms with Gasteiger partial charge in [-0.3, -0.25) is 0 Å². The maximum Gasteiger partial charge on any atom is 0.0995 e. The smallest absolute Gasteiger partial charge is 0.0995 e. The van der Waals surface area contributed by atoms with Crippen LogP contribution in [0.25, 0.3) is 0 Å². The van der Waals surface area contributed by atoms with Gasteiger partial charge in [-0.15, -0.1) is 11.8 Å². The quantitative estimate of drug-likeness (QED) is 0.883. The average molecular weight is 278 g/mol. The normalized spacial score (nSPS) is 25.2. The zero-order valence-electron chi connectivity index (χ0n) is 12.1. The van der Waals surface area contributed by atoms with Crippen molar-refractivity contribution in [2.24, 2.45) is 11.7 Å². The van der Waals surface area contributed by atoms with Crippen molar-refractivity contribution in [1.82, 2.24) is 4.98 Å². The van der Waals surface area contributed by atoms with Crippen molar-refractivity contribution in [3.05, 3.63) is 23.9 Å². The Morgan fingerprint density at radius 3 is 3.05 bits per heavy atom. The summed E-state index contributed by atoms with van der Waals surface area (Å²) in [7, 11) is 0. The van der Waals surface area contributed by atoms with Crippen LogP contribution in [0.15, 0.2) is 23.4 Å². The summed E-state index contributed by atoms with van der Waals surface area (Å²) in [6.07, 6.45) is 9.33. The van der Waals surface area contributed by atoms with Gasteiger partial charge in [0.15, 0.2) is 0 Å². The summed E-state index contributed by atoms with van der Waals surface area (Å²) in [5.41, 5.74) is 7.43. The Morgan fingerprint density at radius 1 is 1.47 bits per heavy atom. The van der Waals surface area contributed by atoms with Crippen molar-refractivity contribution < 1.29 is 0 Å². The summed E-state index contributed by atoms with van der Waals surface area (Å²) in [5.74, 6) is 0.872. The number of hydrogen-bond donors (Lipinski definition) is 1. The van der Waals surface area contributed by atoms with E-state index in [0.717, 1.165) is 24.0 Å². The number of nitrogens with zero attached hydrogens (tertiary/aromatic N) is 1. The maximum absolute atomic E-state index is 6.09. The Hall–Kier alpha value is -0.540. The van der Waals surface area contributed by atoms with Crippen LogP contribution in [0.1, 0.15) is 51.5 Å². The minimum absolute atomic E-state index is 0.258. The predicted octanol–water partition coefficient (Wildman–Crippen LogP) is 4.03. The number of nitrogens with two attached hydrogens (primary N) is 1. The predicted molar refractivity (Wildman–Crippen MR) is 83.5 cm³/mol. The highest BCUT2D eigenvalue weighted by Crippen LogP contribution is 2.36. The lowest BCUT2D eigenvalue weighted by Crippen LogP contribution is -2.22. The molecule has 2 N–H and O–H groups in total. The van der Waals surface area contributed by atoms with Gasteiger partial charge in [0.25, 0.3) is 0 Å². The van der Waals surface area contributed by atoms with Gasteiger partial charge in [-0.2, -0.15) is 0 Å². The molecule has 0 aromatic carbocycles. The molecule has 1 aromatic heterocycles. The lowest BCUT2D eigenvalue weighted by Gasteiger charge is -2.26. The molecule has 0 bridgehead atoms. The molecule has 3 unspecified atom stereocenters. The highest BCUT2D eigenvalue weighted by Gasteiger charge is 2.21. The summed E-state index contributed by atoms with van der Waals surface area (Å²) in [6, 6.07) is 4.48. The maximum atomic E-state index is 6.09. The molecule has 1 aliphatic carbocycles. The Morgan fingerprint density at radius 2 is 2.32 bits per heavy atom. The van der Waals surface area contributed by atoms with E-state index in [0.29, 0.717) is 0 Å². The van der Waals surface area contributed by atoms with Crippen LogP contribution in [0, 0.1) is 5.92 Å². The van der Waals surface area contributed by atoms with Crippen LogP contribution < -0.4 is 5.73 Å². The van der Waals surface area contributed by atoms with Crippen LogP contribution in [-0.4, -0.2) is 16.3 Å². The zero-order chi connectivity index (χ0) is 13.7. The van der Waals surface area contributed by atoms with E-state index in [4.69, 9.17) is 5.73 Å².